The molecule has 0 aliphatic rings. The van der Waals surface area contributed by atoms with Crippen LogP contribution >= 0.6 is 23.2 Å². The molecule has 2 aromatic rings. The van der Waals surface area contributed by atoms with E-state index in [0.29, 0.717) is 6.07 Å². The van der Waals surface area contributed by atoms with Gasteiger partial charge in [0, 0.05) is 17.8 Å². The first-order valence-corrected chi connectivity index (χ1v) is 8.02. The number of nitro benzene ring substituents is 1. The molecule has 1 N–H and O–H groups in total. The Hall–Kier alpha value is -2.85. The molecule has 0 bridgehead atoms. The third kappa shape index (κ3) is 5.33. The Bertz CT molecular complexity index is 950. The summed E-state index contributed by atoms with van der Waals surface area (Å²) in [4.78, 5) is 33.7. The van der Waals surface area contributed by atoms with Gasteiger partial charge in [-0.2, -0.15) is 13.2 Å². The number of hydrogen-bond donors (Lipinski definition) is 1. The maximum atomic E-state index is 12.8. The van der Waals surface area contributed by atoms with E-state index in [1.165, 1.54) is 0 Å². The number of rotatable bonds is 5. The van der Waals surface area contributed by atoms with Crippen molar-refractivity contribution in [3.63, 3.8) is 0 Å². The number of halogens is 5. The fraction of sp³-hybridized carbons (Fsp3) is 0.125. The Kier molecular flexibility index (Phi) is 6.47. The predicted octanol–water partition coefficient (Wildman–Crippen LogP) is 4.72. The number of hydrogen-bond acceptors (Lipinski definition) is 5. The molecule has 0 saturated carbocycles. The molecule has 0 fully saturated rings. The largest absolute Gasteiger partial charge is 0.452 e. The number of nitrogens with zero attached hydrogens (tertiary/aromatic N) is 1. The number of benzene rings is 2. The molecule has 0 aromatic heterocycles. The topological polar surface area (TPSA) is 98.5 Å². The molecular weight excluding hydrogens is 428 g/mol. The normalized spacial score (nSPS) is 11.0. The van der Waals surface area contributed by atoms with Crippen LogP contribution in [0.5, 0.6) is 0 Å². The summed E-state index contributed by atoms with van der Waals surface area (Å²) in [6.07, 6.45) is -4.72. The summed E-state index contributed by atoms with van der Waals surface area (Å²) in [7, 11) is 0. The van der Waals surface area contributed by atoms with Gasteiger partial charge in [0.1, 0.15) is 0 Å². The minimum absolute atomic E-state index is 0.136. The second kappa shape index (κ2) is 8.44. The summed E-state index contributed by atoms with van der Waals surface area (Å²) in [6.45, 7) is -0.859. The highest BCUT2D eigenvalue weighted by Crippen LogP contribution is 2.36. The predicted molar refractivity (Wildman–Crippen MR) is 93.5 cm³/mol. The first-order valence-electron chi connectivity index (χ1n) is 7.26. The van der Waals surface area contributed by atoms with Crippen molar-refractivity contribution in [2.24, 2.45) is 0 Å². The molecule has 0 aliphatic carbocycles. The van der Waals surface area contributed by atoms with Gasteiger partial charge in [-0.3, -0.25) is 14.9 Å². The lowest BCUT2D eigenvalue weighted by molar-refractivity contribution is -0.384. The first-order chi connectivity index (χ1) is 13.0. The maximum Gasteiger partial charge on any atom is 0.417 e. The second-order valence-corrected chi connectivity index (χ2v) is 6.05. The number of carbonyl (C=O) groups excluding carboxylic acids is 2. The third-order valence-corrected chi connectivity index (χ3v) is 3.93. The zero-order valence-electron chi connectivity index (χ0n) is 13.5. The molecule has 28 heavy (non-hydrogen) atoms. The minimum atomic E-state index is -4.72. The van der Waals surface area contributed by atoms with Gasteiger partial charge in [-0.05, 0) is 24.3 Å². The van der Waals surface area contributed by atoms with E-state index in [9.17, 15) is 32.9 Å². The molecule has 0 aliphatic heterocycles. The summed E-state index contributed by atoms with van der Waals surface area (Å²) in [5.41, 5.74) is -2.12. The summed E-state index contributed by atoms with van der Waals surface area (Å²) in [5, 5.41) is 12.2. The van der Waals surface area contributed by atoms with Crippen molar-refractivity contribution < 1.29 is 32.4 Å². The van der Waals surface area contributed by atoms with Crippen molar-refractivity contribution in [2.45, 2.75) is 6.18 Å². The van der Waals surface area contributed by atoms with Gasteiger partial charge in [-0.15, -0.1) is 0 Å². The average Bonchev–Trinajstić information content (AvgIpc) is 2.60. The summed E-state index contributed by atoms with van der Waals surface area (Å²) in [6, 6.07) is 5.77. The molecule has 2 rings (SSSR count). The van der Waals surface area contributed by atoms with Gasteiger partial charge in [0.25, 0.3) is 11.6 Å². The van der Waals surface area contributed by atoms with E-state index in [1.54, 1.807) is 0 Å². The molecule has 1 amide bonds. The van der Waals surface area contributed by atoms with Crippen LogP contribution in [0.25, 0.3) is 0 Å². The summed E-state index contributed by atoms with van der Waals surface area (Å²) >= 11 is 11.2. The van der Waals surface area contributed by atoms with Crippen LogP contribution in [0, 0.1) is 10.1 Å². The molecule has 0 unspecified atom stereocenters. The first kappa shape index (κ1) is 21.5. The number of esters is 1. The monoisotopic (exact) mass is 436 g/mol. The molecule has 0 heterocycles. The summed E-state index contributed by atoms with van der Waals surface area (Å²) < 4.78 is 43.1. The smallest absolute Gasteiger partial charge is 0.417 e. The van der Waals surface area contributed by atoms with Gasteiger partial charge in [0.2, 0.25) is 0 Å². The van der Waals surface area contributed by atoms with E-state index in [2.05, 4.69) is 5.32 Å². The Morgan fingerprint density at radius 3 is 2.36 bits per heavy atom. The van der Waals surface area contributed by atoms with Crippen molar-refractivity contribution in [1.29, 1.82) is 0 Å². The molecule has 0 spiro atoms. The second-order valence-electron chi connectivity index (χ2n) is 5.24. The Balaban J connectivity index is 2.04. The lowest BCUT2D eigenvalue weighted by atomic mass is 10.2. The number of nitrogens with one attached hydrogen (secondary N) is 1. The lowest BCUT2D eigenvalue weighted by Crippen LogP contribution is -2.21. The SMILES string of the molecule is O=C(COC(=O)c1cc([N+](=O)[O-])ccc1Cl)Nc1ccc(Cl)c(C(F)(F)F)c1. The lowest BCUT2D eigenvalue weighted by Gasteiger charge is -2.12. The average molecular weight is 437 g/mol. The highest BCUT2D eigenvalue weighted by atomic mass is 35.5. The third-order valence-electron chi connectivity index (χ3n) is 3.27. The van der Waals surface area contributed by atoms with Crippen LogP contribution in [-0.4, -0.2) is 23.4 Å². The van der Waals surface area contributed by atoms with Crippen molar-refractivity contribution in [3.05, 3.63) is 67.7 Å². The standard InChI is InChI=1S/C16H9Cl2F3N2O5/c17-12-4-2-9(23(26)27)6-10(12)15(25)28-7-14(24)22-8-1-3-13(18)11(5-8)16(19,20)21/h1-6H,7H2,(H,22,24). The van der Waals surface area contributed by atoms with Crippen molar-refractivity contribution >= 4 is 46.5 Å². The van der Waals surface area contributed by atoms with E-state index >= 15 is 0 Å². The number of amides is 1. The van der Waals surface area contributed by atoms with Gasteiger partial charge in [-0.1, -0.05) is 23.2 Å². The van der Waals surface area contributed by atoms with E-state index < -0.39 is 45.9 Å². The molecule has 0 saturated heterocycles. The van der Waals surface area contributed by atoms with Gasteiger partial charge in [0.15, 0.2) is 6.61 Å². The van der Waals surface area contributed by atoms with E-state index in [1.807, 2.05) is 0 Å². The fourth-order valence-electron chi connectivity index (χ4n) is 2.01. The molecule has 12 heteroatoms. The van der Waals surface area contributed by atoms with Gasteiger partial charge in [0.05, 0.1) is 26.1 Å². The number of alkyl halides is 3. The number of carbonyl (C=O) groups is 2. The number of non-ortho nitro benzene ring substituents is 1. The van der Waals surface area contributed by atoms with E-state index in [4.69, 9.17) is 27.9 Å². The number of ether oxygens (including phenoxy) is 1. The maximum absolute atomic E-state index is 12.8. The number of nitro groups is 1. The van der Waals surface area contributed by atoms with Crippen LogP contribution in [0.4, 0.5) is 24.5 Å². The van der Waals surface area contributed by atoms with Crippen molar-refractivity contribution in [1.82, 2.24) is 0 Å². The van der Waals surface area contributed by atoms with Gasteiger partial charge in [-0.25, -0.2) is 4.79 Å². The molecule has 2 aromatic carbocycles. The van der Waals surface area contributed by atoms with Crippen molar-refractivity contribution in [2.75, 3.05) is 11.9 Å². The Morgan fingerprint density at radius 1 is 1.11 bits per heavy atom. The fourth-order valence-corrected chi connectivity index (χ4v) is 2.43. The van der Waals surface area contributed by atoms with Crippen LogP contribution in [0.15, 0.2) is 36.4 Å². The van der Waals surface area contributed by atoms with Crippen LogP contribution in [-0.2, 0) is 15.7 Å². The van der Waals surface area contributed by atoms with Crippen LogP contribution < -0.4 is 5.32 Å². The summed E-state index contributed by atoms with van der Waals surface area (Å²) in [5.74, 6) is -2.05. The molecule has 7 nitrogen and oxygen atoms in total. The van der Waals surface area contributed by atoms with E-state index in [0.717, 1.165) is 30.3 Å². The number of anilines is 1. The minimum Gasteiger partial charge on any atom is -0.452 e. The van der Waals surface area contributed by atoms with Crippen LogP contribution in [0.3, 0.4) is 0 Å². The Labute approximate surface area is 165 Å². The van der Waals surface area contributed by atoms with Crippen LogP contribution in [0.1, 0.15) is 15.9 Å². The van der Waals surface area contributed by atoms with E-state index in [-0.39, 0.29) is 16.3 Å². The molecular formula is C16H9Cl2F3N2O5. The molecule has 148 valence electrons. The molecule has 0 atom stereocenters. The quantitative estimate of drug-likeness (QED) is 0.415. The molecule has 0 radical (unpaired) electrons. The Morgan fingerprint density at radius 2 is 1.75 bits per heavy atom. The highest BCUT2D eigenvalue weighted by Gasteiger charge is 2.33. The van der Waals surface area contributed by atoms with Gasteiger partial charge < -0.3 is 10.1 Å². The zero-order chi connectivity index (χ0) is 21.1. The van der Waals surface area contributed by atoms with Crippen molar-refractivity contribution in [3.8, 4) is 0 Å². The van der Waals surface area contributed by atoms with Gasteiger partial charge >= 0.3 is 12.1 Å². The highest BCUT2D eigenvalue weighted by molar-refractivity contribution is 6.33. The zero-order valence-corrected chi connectivity index (χ0v) is 15.1. The van der Waals surface area contributed by atoms with Crippen LogP contribution in [0.2, 0.25) is 10.0 Å².